The van der Waals surface area contributed by atoms with Crippen LogP contribution in [-0.4, -0.2) is 0 Å². The number of halogens is 3. The van der Waals surface area contributed by atoms with Gasteiger partial charge in [-0.3, -0.25) is 0 Å². The van der Waals surface area contributed by atoms with Crippen molar-refractivity contribution in [2.45, 2.75) is 6.54 Å². The first kappa shape index (κ1) is 14.4. The minimum atomic E-state index is 0.721. The van der Waals surface area contributed by atoms with Crippen LogP contribution in [0, 0.1) is 0 Å². The van der Waals surface area contributed by atoms with E-state index in [0.29, 0.717) is 0 Å². The molecule has 102 valence electrons. The Morgan fingerprint density at radius 1 is 1.10 bits per heavy atom. The van der Waals surface area contributed by atoms with Crippen LogP contribution in [-0.2, 0) is 6.54 Å². The van der Waals surface area contributed by atoms with Gasteiger partial charge >= 0.3 is 0 Å². The number of thiophene rings is 1. The Balaban J connectivity index is 1.85. The van der Waals surface area contributed by atoms with E-state index in [9.17, 15) is 0 Å². The van der Waals surface area contributed by atoms with Crippen LogP contribution in [0.1, 0.15) is 4.88 Å². The van der Waals surface area contributed by atoms with Crippen molar-refractivity contribution < 1.29 is 0 Å². The topological polar surface area (TPSA) is 12.0 Å². The van der Waals surface area contributed by atoms with Crippen molar-refractivity contribution in [3.63, 3.8) is 0 Å². The van der Waals surface area contributed by atoms with E-state index in [0.717, 1.165) is 36.5 Å². The molecule has 0 saturated carbocycles. The number of rotatable bonds is 3. The van der Waals surface area contributed by atoms with E-state index in [1.807, 2.05) is 30.3 Å². The molecule has 1 heterocycles. The number of hydrogen-bond acceptors (Lipinski definition) is 2. The molecule has 0 fully saturated rings. The van der Waals surface area contributed by atoms with Gasteiger partial charge in [-0.1, -0.05) is 45.7 Å². The highest BCUT2D eigenvalue weighted by Crippen LogP contribution is 2.36. The summed E-state index contributed by atoms with van der Waals surface area (Å²) < 4.78 is 3.31. The third-order valence-corrected chi connectivity index (χ3v) is 5.84. The molecule has 0 spiro atoms. The van der Waals surface area contributed by atoms with E-state index < -0.39 is 0 Å². The molecule has 0 aliphatic carbocycles. The van der Waals surface area contributed by atoms with Crippen LogP contribution < -0.4 is 5.32 Å². The first-order valence-corrected chi connectivity index (χ1v) is 8.78. The highest BCUT2D eigenvalue weighted by molar-refractivity contribution is 9.11. The van der Waals surface area contributed by atoms with Crippen LogP contribution in [0.4, 0.5) is 5.69 Å². The van der Waals surface area contributed by atoms with Crippen LogP contribution in [0.25, 0.3) is 10.1 Å². The van der Waals surface area contributed by atoms with E-state index >= 15 is 0 Å². The highest BCUT2D eigenvalue weighted by atomic mass is 79.9. The largest absolute Gasteiger partial charge is 0.379 e. The molecule has 0 radical (unpaired) electrons. The van der Waals surface area contributed by atoms with Crippen molar-refractivity contribution in [3.05, 3.63) is 61.3 Å². The number of fused-ring (bicyclic) bond motifs is 1. The Bertz CT molecular complexity index is 770. The van der Waals surface area contributed by atoms with Gasteiger partial charge in [0.25, 0.3) is 0 Å². The number of anilines is 1. The molecule has 20 heavy (non-hydrogen) atoms. The molecule has 2 aromatic carbocycles. The van der Waals surface area contributed by atoms with Crippen LogP contribution in [0.15, 0.2) is 51.4 Å². The Kier molecular flexibility index (Phi) is 4.36. The molecule has 0 aliphatic rings. The summed E-state index contributed by atoms with van der Waals surface area (Å²) in [4.78, 5) is 1.16. The average molecular weight is 432 g/mol. The number of hydrogen-bond donors (Lipinski definition) is 1. The van der Waals surface area contributed by atoms with E-state index in [4.69, 9.17) is 11.6 Å². The monoisotopic (exact) mass is 429 g/mol. The quantitative estimate of drug-likeness (QED) is 0.487. The molecule has 0 unspecified atom stereocenters. The van der Waals surface area contributed by atoms with E-state index in [1.54, 1.807) is 11.3 Å². The van der Waals surface area contributed by atoms with Gasteiger partial charge in [-0.2, -0.15) is 0 Å². The molecule has 5 heteroatoms. The molecule has 1 N–H and O–H groups in total. The Hall–Kier alpha value is -0.550. The number of benzene rings is 2. The lowest BCUT2D eigenvalue weighted by Gasteiger charge is -2.08. The van der Waals surface area contributed by atoms with Gasteiger partial charge < -0.3 is 5.32 Å². The fraction of sp³-hybridized carbons (Fsp3) is 0.0667. The Morgan fingerprint density at radius 2 is 1.90 bits per heavy atom. The highest BCUT2D eigenvalue weighted by Gasteiger charge is 2.10. The zero-order valence-corrected chi connectivity index (χ0v) is 15.0. The van der Waals surface area contributed by atoms with Crippen molar-refractivity contribution in [1.82, 2.24) is 0 Å². The summed E-state index contributed by atoms with van der Waals surface area (Å²) >= 11 is 15.2. The molecule has 0 saturated heterocycles. The van der Waals surface area contributed by atoms with Gasteiger partial charge in [0.15, 0.2) is 0 Å². The second kappa shape index (κ2) is 6.06. The van der Waals surface area contributed by atoms with Gasteiger partial charge in [-0.25, -0.2) is 0 Å². The fourth-order valence-corrected chi connectivity index (χ4v) is 4.61. The van der Waals surface area contributed by atoms with E-state index in [2.05, 4.69) is 49.3 Å². The van der Waals surface area contributed by atoms with Crippen LogP contribution >= 0.6 is 54.8 Å². The third kappa shape index (κ3) is 2.89. The lowest BCUT2D eigenvalue weighted by molar-refractivity contribution is 1.19. The summed E-state index contributed by atoms with van der Waals surface area (Å²) in [5.74, 6) is 0. The zero-order valence-electron chi connectivity index (χ0n) is 10.3. The van der Waals surface area contributed by atoms with Gasteiger partial charge in [0, 0.05) is 29.6 Å². The molecule has 0 bridgehead atoms. The van der Waals surface area contributed by atoms with Crippen LogP contribution in [0.3, 0.4) is 0 Å². The summed E-state index contributed by atoms with van der Waals surface area (Å²) in [6.07, 6.45) is 0. The first-order chi connectivity index (χ1) is 9.65. The Morgan fingerprint density at radius 3 is 2.65 bits per heavy atom. The second-order valence-corrected chi connectivity index (χ2v) is 7.60. The summed E-state index contributed by atoms with van der Waals surface area (Å²) in [7, 11) is 0. The van der Waals surface area contributed by atoms with Crippen LogP contribution in [0.2, 0.25) is 5.02 Å². The van der Waals surface area contributed by atoms with Crippen LogP contribution in [0.5, 0.6) is 0 Å². The van der Waals surface area contributed by atoms with Crippen molar-refractivity contribution in [2.75, 3.05) is 5.32 Å². The summed E-state index contributed by atoms with van der Waals surface area (Å²) in [5.41, 5.74) is 1.06. The molecule has 0 aliphatic heterocycles. The van der Waals surface area contributed by atoms with Crippen molar-refractivity contribution in [3.8, 4) is 0 Å². The van der Waals surface area contributed by atoms with Crippen molar-refractivity contribution in [1.29, 1.82) is 0 Å². The zero-order chi connectivity index (χ0) is 14.1. The van der Waals surface area contributed by atoms with Gasteiger partial charge in [0.1, 0.15) is 0 Å². The minimum absolute atomic E-state index is 0.721. The predicted octanol–water partition coefficient (Wildman–Crippen LogP) is 6.69. The molecular weight excluding hydrogens is 422 g/mol. The summed E-state index contributed by atoms with van der Waals surface area (Å²) in [6.45, 7) is 0.721. The molecule has 0 atom stereocenters. The average Bonchev–Trinajstić information content (AvgIpc) is 2.75. The maximum absolute atomic E-state index is 6.44. The van der Waals surface area contributed by atoms with Gasteiger partial charge in [-0.05, 0) is 40.2 Å². The fourth-order valence-electron chi connectivity index (χ4n) is 1.99. The molecule has 1 aromatic heterocycles. The van der Waals surface area contributed by atoms with Crippen molar-refractivity contribution in [2.24, 2.45) is 0 Å². The molecular formula is C15H10Br2ClNS. The Labute approximate surface area is 143 Å². The SMILES string of the molecule is Clc1c(CNc2ccc(Br)cc2Br)sc2ccccc12. The summed E-state index contributed by atoms with van der Waals surface area (Å²) in [5, 5.41) is 5.40. The smallest absolute Gasteiger partial charge is 0.0642 e. The lowest BCUT2D eigenvalue weighted by Crippen LogP contribution is -1.98. The molecule has 1 nitrogen and oxygen atoms in total. The van der Waals surface area contributed by atoms with E-state index in [-0.39, 0.29) is 0 Å². The second-order valence-electron chi connectivity index (χ2n) is 4.31. The predicted molar refractivity (Wildman–Crippen MR) is 96.0 cm³/mol. The van der Waals surface area contributed by atoms with Crippen molar-refractivity contribution >= 4 is 70.6 Å². The normalized spacial score (nSPS) is 10.9. The summed E-state index contributed by atoms with van der Waals surface area (Å²) in [6, 6.07) is 14.3. The molecule has 3 aromatic rings. The minimum Gasteiger partial charge on any atom is -0.379 e. The molecule has 3 rings (SSSR count). The maximum Gasteiger partial charge on any atom is 0.0642 e. The lowest BCUT2D eigenvalue weighted by atomic mass is 10.2. The van der Waals surface area contributed by atoms with Gasteiger partial charge in [-0.15, -0.1) is 11.3 Å². The van der Waals surface area contributed by atoms with Gasteiger partial charge in [0.2, 0.25) is 0 Å². The molecule has 0 amide bonds. The standard InChI is InChI=1S/C15H10Br2ClNS/c16-9-5-6-12(11(17)7-9)19-8-14-15(18)10-3-1-2-4-13(10)20-14/h1-7,19H,8H2. The first-order valence-electron chi connectivity index (χ1n) is 6.00. The maximum atomic E-state index is 6.44. The van der Waals surface area contributed by atoms with Gasteiger partial charge in [0.05, 0.1) is 11.6 Å². The van der Waals surface area contributed by atoms with E-state index in [1.165, 1.54) is 4.70 Å². The number of nitrogens with one attached hydrogen (secondary N) is 1. The third-order valence-electron chi connectivity index (χ3n) is 2.97.